The zero-order valence-corrected chi connectivity index (χ0v) is 5.85. The summed E-state index contributed by atoms with van der Waals surface area (Å²) in [5.74, 6) is 0. The molecule has 1 aromatic heterocycles. The molecule has 54 valence electrons. The van der Waals surface area contributed by atoms with E-state index in [1.165, 1.54) is 0 Å². The van der Waals surface area contributed by atoms with Crippen LogP contribution < -0.4 is 11.3 Å². The molecular weight excluding hydrogens is 128 g/mol. The molecule has 3 heteroatoms. The molecule has 0 atom stereocenters. The minimum atomic E-state index is -0.0810. The summed E-state index contributed by atoms with van der Waals surface area (Å²) in [6.45, 7) is 2.18. The number of hydrogen-bond acceptors (Lipinski definition) is 2. The van der Waals surface area contributed by atoms with Gasteiger partial charge in [0.2, 0.25) is 0 Å². The molecular formula is C7H10N2O. The molecule has 10 heavy (non-hydrogen) atoms. The van der Waals surface area contributed by atoms with Crippen LogP contribution in [0.25, 0.3) is 0 Å². The first-order valence-corrected chi connectivity index (χ1v) is 3.13. The topological polar surface area (TPSA) is 58.9 Å². The van der Waals surface area contributed by atoms with E-state index in [0.29, 0.717) is 12.1 Å². The lowest BCUT2D eigenvalue weighted by Gasteiger charge is -1.97. The molecule has 1 rings (SSSR count). The lowest BCUT2D eigenvalue weighted by molar-refractivity contribution is 0.993. The van der Waals surface area contributed by atoms with Crippen LogP contribution in [0.3, 0.4) is 0 Å². The Morgan fingerprint density at radius 1 is 1.70 bits per heavy atom. The molecule has 1 aromatic rings. The van der Waals surface area contributed by atoms with Crippen molar-refractivity contribution in [3.63, 3.8) is 0 Å². The summed E-state index contributed by atoms with van der Waals surface area (Å²) in [4.78, 5) is 13.5. The van der Waals surface area contributed by atoms with Gasteiger partial charge < -0.3 is 10.7 Å². The Hall–Kier alpha value is -1.09. The van der Waals surface area contributed by atoms with E-state index in [-0.39, 0.29) is 5.56 Å². The third kappa shape index (κ3) is 1.09. The molecule has 0 spiro atoms. The fourth-order valence-corrected chi connectivity index (χ4v) is 0.863. The minimum absolute atomic E-state index is 0.0810. The fourth-order valence-electron chi connectivity index (χ4n) is 0.863. The molecule has 0 saturated carbocycles. The summed E-state index contributed by atoms with van der Waals surface area (Å²) in [5.41, 5.74) is 6.87. The van der Waals surface area contributed by atoms with E-state index in [4.69, 9.17) is 5.73 Å². The Balaban J connectivity index is 3.31. The molecule has 0 aliphatic heterocycles. The van der Waals surface area contributed by atoms with E-state index in [1.54, 1.807) is 6.20 Å². The standard InChI is InChI=1S/C7H10N2O/c1-5-2-3-9-7(10)6(5)4-8/h2-3H,4,8H2,1H3,(H,9,10). The van der Waals surface area contributed by atoms with Crippen molar-refractivity contribution in [3.8, 4) is 0 Å². The number of rotatable bonds is 1. The van der Waals surface area contributed by atoms with Gasteiger partial charge in [-0.3, -0.25) is 4.79 Å². The number of nitrogens with two attached hydrogens (primary N) is 1. The Morgan fingerprint density at radius 2 is 2.40 bits per heavy atom. The van der Waals surface area contributed by atoms with Gasteiger partial charge in [0, 0.05) is 18.3 Å². The third-order valence-electron chi connectivity index (χ3n) is 1.50. The number of aromatic amines is 1. The Bertz CT molecular complexity index is 277. The van der Waals surface area contributed by atoms with Gasteiger partial charge in [-0.1, -0.05) is 0 Å². The minimum Gasteiger partial charge on any atom is -0.329 e. The molecule has 0 unspecified atom stereocenters. The van der Waals surface area contributed by atoms with Crippen LogP contribution >= 0.6 is 0 Å². The van der Waals surface area contributed by atoms with Gasteiger partial charge in [-0.15, -0.1) is 0 Å². The highest BCUT2D eigenvalue weighted by molar-refractivity contribution is 5.20. The summed E-state index contributed by atoms with van der Waals surface area (Å²) >= 11 is 0. The average molecular weight is 138 g/mol. The SMILES string of the molecule is Cc1cc[nH]c(=O)c1CN. The number of H-pyrrole nitrogens is 1. The van der Waals surface area contributed by atoms with Crippen molar-refractivity contribution >= 4 is 0 Å². The van der Waals surface area contributed by atoms with Crippen LogP contribution in [0, 0.1) is 6.92 Å². The molecule has 0 aliphatic carbocycles. The van der Waals surface area contributed by atoms with Crippen LogP contribution in [0.4, 0.5) is 0 Å². The van der Waals surface area contributed by atoms with Crippen molar-refractivity contribution in [3.05, 3.63) is 33.7 Å². The molecule has 0 fully saturated rings. The smallest absolute Gasteiger partial charge is 0.252 e. The highest BCUT2D eigenvalue weighted by Crippen LogP contribution is 1.96. The zero-order valence-electron chi connectivity index (χ0n) is 5.85. The number of aryl methyl sites for hydroxylation is 1. The fraction of sp³-hybridized carbons (Fsp3) is 0.286. The summed E-state index contributed by atoms with van der Waals surface area (Å²) in [7, 11) is 0. The van der Waals surface area contributed by atoms with Crippen LogP contribution in [-0.4, -0.2) is 4.98 Å². The van der Waals surface area contributed by atoms with Crippen molar-refractivity contribution in [2.75, 3.05) is 0 Å². The number of aromatic nitrogens is 1. The van der Waals surface area contributed by atoms with Crippen molar-refractivity contribution in [2.45, 2.75) is 13.5 Å². The quantitative estimate of drug-likeness (QED) is 0.580. The molecule has 0 aliphatic rings. The van der Waals surface area contributed by atoms with E-state index in [1.807, 2.05) is 13.0 Å². The van der Waals surface area contributed by atoms with Crippen molar-refractivity contribution in [2.24, 2.45) is 5.73 Å². The molecule has 0 bridgehead atoms. The molecule has 3 nitrogen and oxygen atoms in total. The van der Waals surface area contributed by atoms with E-state index in [2.05, 4.69) is 4.98 Å². The van der Waals surface area contributed by atoms with Gasteiger partial charge in [0.1, 0.15) is 0 Å². The van der Waals surface area contributed by atoms with Crippen LogP contribution in [0.1, 0.15) is 11.1 Å². The van der Waals surface area contributed by atoms with E-state index in [9.17, 15) is 4.79 Å². The van der Waals surface area contributed by atoms with E-state index in [0.717, 1.165) is 5.56 Å². The number of nitrogens with one attached hydrogen (secondary N) is 1. The summed E-state index contributed by atoms with van der Waals surface area (Å²) < 4.78 is 0. The Morgan fingerprint density at radius 3 is 2.80 bits per heavy atom. The van der Waals surface area contributed by atoms with Crippen molar-refractivity contribution in [1.29, 1.82) is 0 Å². The van der Waals surface area contributed by atoms with E-state index >= 15 is 0 Å². The molecule has 0 saturated heterocycles. The maximum Gasteiger partial charge on any atom is 0.252 e. The highest BCUT2D eigenvalue weighted by atomic mass is 16.1. The average Bonchev–Trinajstić information content (AvgIpc) is 1.88. The molecule has 0 radical (unpaired) electrons. The maximum atomic E-state index is 10.9. The first-order chi connectivity index (χ1) is 4.75. The third-order valence-corrected chi connectivity index (χ3v) is 1.50. The van der Waals surface area contributed by atoms with Gasteiger partial charge in [-0.25, -0.2) is 0 Å². The predicted octanol–water partition coefficient (Wildman–Crippen LogP) is 0.142. The number of hydrogen-bond donors (Lipinski definition) is 2. The molecule has 0 amide bonds. The molecule has 1 heterocycles. The van der Waals surface area contributed by atoms with E-state index < -0.39 is 0 Å². The molecule has 3 N–H and O–H groups in total. The maximum absolute atomic E-state index is 10.9. The van der Waals surface area contributed by atoms with Crippen LogP contribution in [0.15, 0.2) is 17.1 Å². The van der Waals surface area contributed by atoms with Gasteiger partial charge in [-0.2, -0.15) is 0 Å². The van der Waals surface area contributed by atoms with Crippen LogP contribution in [-0.2, 0) is 6.54 Å². The summed E-state index contributed by atoms with van der Waals surface area (Å²) in [6, 6.07) is 1.84. The van der Waals surface area contributed by atoms with Crippen molar-refractivity contribution in [1.82, 2.24) is 4.98 Å². The first kappa shape index (κ1) is 7.02. The van der Waals surface area contributed by atoms with Gasteiger partial charge in [0.15, 0.2) is 0 Å². The second kappa shape index (κ2) is 2.66. The number of pyridine rings is 1. The van der Waals surface area contributed by atoms with Crippen LogP contribution in [0.2, 0.25) is 0 Å². The van der Waals surface area contributed by atoms with Gasteiger partial charge in [0.25, 0.3) is 5.56 Å². The predicted molar refractivity (Wildman–Crippen MR) is 39.7 cm³/mol. The second-order valence-corrected chi connectivity index (χ2v) is 2.17. The van der Waals surface area contributed by atoms with Crippen LogP contribution in [0.5, 0.6) is 0 Å². The molecule has 0 aromatic carbocycles. The Kier molecular flexibility index (Phi) is 1.87. The first-order valence-electron chi connectivity index (χ1n) is 3.13. The zero-order chi connectivity index (χ0) is 7.56. The van der Waals surface area contributed by atoms with Crippen molar-refractivity contribution < 1.29 is 0 Å². The second-order valence-electron chi connectivity index (χ2n) is 2.17. The monoisotopic (exact) mass is 138 g/mol. The van der Waals surface area contributed by atoms with Gasteiger partial charge >= 0.3 is 0 Å². The normalized spacial score (nSPS) is 9.80. The van der Waals surface area contributed by atoms with Gasteiger partial charge in [0.05, 0.1) is 0 Å². The highest BCUT2D eigenvalue weighted by Gasteiger charge is 1.97. The Labute approximate surface area is 58.9 Å². The largest absolute Gasteiger partial charge is 0.329 e. The summed E-state index contributed by atoms with van der Waals surface area (Å²) in [6.07, 6.45) is 1.62. The lowest BCUT2D eigenvalue weighted by Crippen LogP contribution is -2.16. The lowest BCUT2D eigenvalue weighted by atomic mass is 10.2. The van der Waals surface area contributed by atoms with Gasteiger partial charge in [-0.05, 0) is 18.6 Å². The summed E-state index contributed by atoms with van der Waals surface area (Å²) in [5, 5.41) is 0.